The molecule has 3 aliphatic heterocycles. The molecule has 0 aromatic heterocycles. The maximum Gasteiger partial charge on any atom is 0.253 e. The lowest BCUT2D eigenvalue weighted by Crippen LogP contribution is -2.51. The lowest BCUT2D eigenvalue weighted by Gasteiger charge is -2.37. The molecule has 2 fully saturated rings. The summed E-state index contributed by atoms with van der Waals surface area (Å²) in [5, 5.41) is 6.47. The van der Waals surface area contributed by atoms with Crippen LogP contribution in [0.1, 0.15) is 42.6 Å². The number of benzene rings is 2. The fourth-order valence-corrected chi connectivity index (χ4v) is 6.65. The Bertz CT molecular complexity index is 1400. The fraction of sp³-hybridized carbons (Fsp3) is 0.514. The van der Waals surface area contributed by atoms with Crippen LogP contribution in [0.15, 0.2) is 59.7 Å². The molecule has 3 heterocycles. The molecule has 0 N–H and O–H groups in total. The molecular weight excluding hydrogens is 570 g/mol. The van der Waals surface area contributed by atoms with Crippen molar-refractivity contribution in [3.63, 3.8) is 0 Å². The van der Waals surface area contributed by atoms with Gasteiger partial charge in [-0.15, -0.1) is 0 Å². The number of nitrogens with zero attached hydrogens (tertiary/aromatic N) is 5. The average Bonchev–Trinajstić information content (AvgIpc) is 3.09. The van der Waals surface area contributed by atoms with Crippen molar-refractivity contribution < 1.29 is 23.8 Å². The molecule has 6 rings (SSSR count). The van der Waals surface area contributed by atoms with E-state index in [1.54, 1.807) is 0 Å². The highest BCUT2D eigenvalue weighted by atomic mass is 16.5. The van der Waals surface area contributed by atoms with Gasteiger partial charge in [-0.1, -0.05) is 12.2 Å². The number of rotatable bonds is 10. The van der Waals surface area contributed by atoms with Crippen LogP contribution in [-0.2, 0) is 9.53 Å². The number of ether oxygens (including phenoxy) is 3. The summed E-state index contributed by atoms with van der Waals surface area (Å²) in [7, 11) is 0. The van der Waals surface area contributed by atoms with Crippen LogP contribution < -0.4 is 14.5 Å². The summed E-state index contributed by atoms with van der Waals surface area (Å²) in [5.41, 5.74) is 3.06. The summed E-state index contributed by atoms with van der Waals surface area (Å²) in [6, 6.07) is 13.2. The summed E-state index contributed by atoms with van der Waals surface area (Å²) < 4.78 is 17.1. The first-order valence-corrected chi connectivity index (χ1v) is 16.4. The standard InChI is InChI=1S/C35H45N5O5/c1-3-44-31-14-11-27(25-32(31)45-4-2)33-29-7-5-6-8-30(29)35(42)40(36-33)28-12-9-26(10-13-28)34(41)39-19-17-37(18-20-39)15-16-38-21-23-43-24-22-38/h5-6,9-14,25,29-30H,3-4,7-8,15-24H2,1-2H3/t29-,30+/m0/s1. The van der Waals surface area contributed by atoms with Crippen molar-refractivity contribution in [2.75, 3.05) is 83.8 Å². The molecule has 0 radical (unpaired) electrons. The van der Waals surface area contributed by atoms with Gasteiger partial charge in [0.05, 0.1) is 43.7 Å². The summed E-state index contributed by atoms with van der Waals surface area (Å²) in [6.45, 7) is 13.8. The van der Waals surface area contributed by atoms with Crippen LogP contribution in [0.25, 0.3) is 0 Å². The molecule has 2 aromatic rings. The summed E-state index contributed by atoms with van der Waals surface area (Å²) in [5.74, 6) is 1.16. The van der Waals surface area contributed by atoms with Gasteiger partial charge in [0.1, 0.15) is 0 Å². The number of hydrogen-bond acceptors (Lipinski definition) is 8. The number of allylic oxidation sites excluding steroid dienone is 2. The van der Waals surface area contributed by atoms with E-state index in [1.807, 2.05) is 61.2 Å². The Balaban J connectivity index is 1.15. The van der Waals surface area contributed by atoms with E-state index < -0.39 is 0 Å². The highest BCUT2D eigenvalue weighted by Crippen LogP contribution is 2.38. The first-order chi connectivity index (χ1) is 22.1. The first-order valence-electron chi connectivity index (χ1n) is 16.4. The third kappa shape index (κ3) is 7.08. The number of hydrogen-bond donors (Lipinski definition) is 0. The highest BCUT2D eigenvalue weighted by molar-refractivity contribution is 6.11. The smallest absolute Gasteiger partial charge is 0.253 e. The molecule has 2 aromatic carbocycles. The van der Waals surface area contributed by atoms with Gasteiger partial charge >= 0.3 is 0 Å². The normalized spacial score (nSPS) is 22.6. The van der Waals surface area contributed by atoms with Crippen LogP contribution in [0.2, 0.25) is 0 Å². The number of hydrazone groups is 1. The number of morpholine rings is 1. The summed E-state index contributed by atoms with van der Waals surface area (Å²) in [6.07, 6.45) is 5.66. The summed E-state index contributed by atoms with van der Waals surface area (Å²) in [4.78, 5) is 34.0. The number of piperazine rings is 1. The second kappa shape index (κ2) is 14.6. The zero-order valence-electron chi connectivity index (χ0n) is 26.5. The fourth-order valence-electron chi connectivity index (χ4n) is 6.65. The Morgan fingerprint density at radius 2 is 1.47 bits per heavy atom. The Hall–Kier alpha value is -3.73. The van der Waals surface area contributed by atoms with Crippen molar-refractivity contribution in [3.8, 4) is 11.5 Å². The zero-order valence-corrected chi connectivity index (χ0v) is 26.5. The van der Waals surface area contributed by atoms with Crippen molar-refractivity contribution in [1.82, 2.24) is 14.7 Å². The third-order valence-electron chi connectivity index (χ3n) is 9.21. The molecule has 45 heavy (non-hydrogen) atoms. The monoisotopic (exact) mass is 615 g/mol. The van der Waals surface area contributed by atoms with Crippen molar-refractivity contribution in [3.05, 3.63) is 65.7 Å². The lowest BCUT2D eigenvalue weighted by atomic mass is 9.76. The van der Waals surface area contributed by atoms with Crippen LogP contribution in [0.3, 0.4) is 0 Å². The van der Waals surface area contributed by atoms with Gasteiger partial charge in [-0.2, -0.15) is 5.10 Å². The maximum atomic E-state index is 13.7. The van der Waals surface area contributed by atoms with E-state index in [0.717, 1.165) is 70.2 Å². The van der Waals surface area contributed by atoms with Gasteiger partial charge in [0, 0.05) is 69.4 Å². The van der Waals surface area contributed by atoms with Gasteiger partial charge < -0.3 is 19.1 Å². The van der Waals surface area contributed by atoms with Gasteiger partial charge in [0.15, 0.2) is 11.5 Å². The average molecular weight is 616 g/mol. The molecule has 0 spiro atoms. The highest BCUT2D eigenvalue weighted by Gasteiger charge is 2.41. The minimum atomic E-state index is -0.203. The van der Waals surface area contributed by atoms with Crippen molar-refractivity contribution >= 4 is 23.2 Å². The Kier molecular flexibility index (Phi) is 10.1. The number of carbonyl (C=O) groups excluding carboxylic acids is 2. The molecule has 2 saturated heterocycles. The molecule has 0 bridgehead atoms. The van der Waals surface area contributed by atoms with E-state index >= 15 is 0 Å². The zero-order chi connectivity index (χ0) is 31.2. The molecule has 0 saturated carbocycles. The second-order valence-corrected chi connectivity index (χ2v) is 12.0. The van der Waals surface area contributed by atoms with E-state index in [2.05, 4.69) is 22.0 Å². The Morgan fingerprint density at radius 1 is 0.822 bits per heavy atom. The molecule has 2 atom stereocenters. The molecule has 10 nitrogen and oxygen atoms in total. The van der Waals surface area contributed by atoms with Crippen LogP contribution in [0.4, 0.5) is 5.69 Å². The molecule has 1 aliphatic carbocycles. The molecule has 4 aliphatic rings. The van der Waals surface area contributed by atoms with Gasteiger partial charge in [-0.05, 0) is 69.2 Å². The minimum absolute atomic E-state index is 0.0143. The van der Waals surface area contributed by atoms with Gasteiger partial charge in [0.25, 0.3) is 11.8 Å². The predicted molar refractivity (Wildman–Crippen MR) is 174 cm³/mol. The Labute approximate surface area is 266 Å². The number of fused-ring (bicyclic) bond motifs is 1. The van der Waals surface area contributed by atoms with Crippen molar-refractivity contribution in [2.45, 2.75) is 26.7 Å². The Morgan fingerprint density at radius 3 is 2.16 bits per heavy atom. The maximum absolute atomic E-state index is 13.7. The van der Waals surface area contributed by atoms with Crippen LogP contribution in [0.5, 0.6) is 11.5 Å². The first kappa shape index (κ1) is 31.3. The molecular formula is C35H45N5O5. The predicted octanol–water partition coefficient (Wildman–Crippen LogP) is 3.91. The van der Waals surface area contributed by atoms with Crippen LogP contribution in [-0.4, -0.2) is 111 Å². The molecule has 10 heteroatoms. The minimum Gasteiger partial charge on any atom is -0.490 e. The van der Waals surface area contributed by atoms with E-state index in [0.29, 0.717) is 55.5 Å². The van der Waals surface area contributed by atoms with Crippen LogP contribution in [0, 0.1) is 11.8 Å². The second-order valence-electron chi connectivity index (χ2n) is 12.0. The number of carbonyl (C=O) groups is 2. The largest absolute Gasteiger partial charge is 0.490 e. The van der Waals surface area contributed by atoms with E-state index in [1.165, 1.54) is 5.01 Å². The number of amides is 2. The van der Waals surface area contributed by atoms with Crippen molar-refractivity contribution in [2.24, 2.45) is 16.9 Å². The van der Waals surface area contributed by atoms with Gasteiger partial charge in [-0.25, -0.2) is 5.01 Å². The van der Waals surface area contributed by atoms with E-state index in [9.17, 15) is 9.59 Å². The molecule has 2 amide bonds. The quantitative estimate of drug-likeness (QED) is 0.375. The van der Waals surface area contributed by atoms with Gasteiger partial charge in [0.2, 0.25) is 0 Å². The van der Waals surface area contributed by atoms with E-state index in [-0.39, 0.29) is 23.7 Å². The van der Waals surface area contributed by atoms with E-state index in [4.69, 9.17) is 19.3 Å². The SMILES string of the molecule is CCOc1ccc(C2=NN(c3ccc(C(=O)N4CCN(CCN5CCOCC5)CC4)cc3)C(=O)[C@@H]3CC=CC[C@H]23)cc1OCC. The van der Waals surface area contributed by atoms with Crippen molar-refractivity contribution in [1.29, 1.82) is 0 Å². The third-order valence-corrected chi connectivity index (χ3v) is 9.21. The number of anilines is 1. The van der Waals surface area contributed by atoms with Gasteiger partial charge in [-0.3, -0.25) is 19.4 Å². The molecule has 0 unspecified atom stereocenters. The lowest BCUT2D eigenvalue weighted by molar-refractivity contribution is -0.123. The molecule has 240 valence electrons. The van der Waals surface area contributed by atoms with Crippen LogP contribution >= 0.6 is 0 Å². The summed E-state index contributed by atoms with van der Waals surface area (Å²) >= 11 is 0. The topological polar surface area (TPSA) is 87.2 Å².